The van der Waals surface area contributed by atoms with Gasteiger partial charge in [0.25, 0.3) is 0 Å². The molecule has 0 amide bonds. The molecule has 0 atom stereocenters. The van der Waals surface area contributed by atoms with E-state index in [0.29, 0.717) is 6.04 Å². The van der Waals surface area contributed by atoms with Gasteiger partial charge in [-0.1, -0.05) is 6.92 Å². The Bertz CT molecular complexity index is 227. The Morgan fingerprint density at radius 3 is 3.08 bits per heavy atom. The molecule has 0 saturated heterocycles. The Morgan fingerprint density at radius 2 is 2.50 bits per heavy atom. The van der Waals surface area contributed by atoms with Crippen molar-refractivity contribution in [2.45, 2.75) is 32.4 Å². The molecule has 0 bridgehead atoms. The number of hydrogen-bond donors (Lipinski definition) is 1. The van der Waals surface area contributed by atoms with Gasteiger partial charge in [0.1, 0.15) is 5.76 Å². The number of nitrogens with one attached hydrogen (secondary N) is 1. The number of aromatic nitrogens is 1. The lowest BCUT2D eigenvalue weighted by atomic mass is 9.82. The molecule has 0 aromatic carbocycles. The fourth-order valence-corrected chi connectivity index (χ4v) is 1.64. The van der Waals surface area contributed by atoms with Gasteiger partial charge < -0.3 is 9.73 Å². The van der Waals surface area contributed by atoms with E-state index in [-0.39, 0.29) is 0 Å². The maximum Gasteiger partial charge on any atom is 0.180 e. The Kier molecular flexibility index (Phi) is 2.13. The van der Waals surface area contributed by atoms with Crippen molar-refractivity contribution in [3.8, 4) is 0 Å². The smallest absolute Gasteiger partial charge is 0.180 e. The Labute approximate surface area is 72.2 Å². The third kappa shape index (κ3) is 1.67. The average molecular weight is 166 g/mol. The molecule has 0 aliphatic heterocycles. The molecule has 0 radical (unpaired) electrons. The minimum Gasteiger partial charge on any atom is -0.447 e. The van der Waals surface area contributed by atoms with Crippen LogP contribution in [0.4, 0.5) is 0 Å². The van der Waals surface area contributed by atoms with Crippen molar-refractivity contribution in [2.75, 3.05) is 0 Å². The summed E-state index contributed by atoms with van der Waals surface area (Å²) < 4.78 is 5.11. The van der Waals surface area contributed by atoms with Gasteiger partial charge in [-0.2, -0.15) is 0 Å². The van der Waals surface area contributed by atoms with E-state index in [1.807, 2.05) is 0 Å². The van der Waals surface area contributed by atoms with Gasteiger partial charge in [0.05, 0.1) is 12.7 Å². The molecule has 3 nitrogen and oxygen atoms in total. The van der Waals surface area contributed by atoms with Crippen molar-refractivity contribution >= 4 is 0 Å². The summed E-state index contributed by atoms with van der Waals surface area (Å²) in [6.45, 7) is 3.10. The summed E-state index contributed by atoms with van der Waals surface area (Å²) in [6, 6.07) is 0.699. The molecule has 1 aliphatic carbocycles. The van der Waals surface area contributed by atoms with Gasteiger partial charge in [0, 0.05) is 6.04 Å². The second-order valence-corrected chi connectivity index (χ2v) is 3.62. The predicted molar refractivity (Wildman–Crippen MR) is 45.5 cm³/mol. The highest BCUT2D eigenvalue weighted by molar-refractivity contribution is 4.90. The van der Waals surface area contributed by atoms with Gasteiger partial charge in [-0.05, 0) is 18.8 Å². The summed E-state index contributed by atoms with van der Waals surface area (Å²) in [5.41, 5.74) is 0. The highest BCUT2D eigenvalue weighted by atomic mass is 16.3. The maximum absolute atomic E-state index is 5.11. The molecule has 66 valence electrons. The molecular weight excluding hydrogens is 152 g/mol. The number of hydrogen-bond acceptors (Lipinski definition) is 3. The standard InChI is InChI=1S/C9H14N2O/c1-7-2-8(3-7)11-5-9-4-10-6-12-9/h4,6-8,11H,2-3,5H2,1H3. The van der Waals surface area contributed by atoms with E-state index in [1.54, 1.807) is 6.20 Å². The van der Waals surface area contributed by atoms with Crippen LogP contribution in [0.3, 0.4) is 0 Å². The summed E-state index contributed by atoms with van der Waals surface area (Å²) >= 11 is 0. The molecule has 1 fully saturated rings. The molecule has 1 saturated carbocycles. The van der Waals surface area contributed by atoms with E-state index in [9.17, 15) is 0 Å². The summed E-state index contributed by atoms with van der Waals surface area (Å²) in [5, 5.41) is 3.42. The van der Waals surface area contributed by atoms with Crippen LogP contribution in [0.1, 0.15) is 25.5 Å². The quantitative estimate of drug-likeness (QED) is 0.740. The monoisotopic (exact) mass is 166 g/mol. The molecule has 1 aliphatic rings. The van der Waals surface area contributed by atoms with Crippen molar-refractivity contribution in [2.24, 2.45) is 5.92 Å². The van der Waals surface area contributed by atoms with Crippen molar-refractivity contribution in [1.82, 2.24) is 10.3 Å². The molecule has 0 spiro atoms. The first-order chi connectivity index (χ1) is 5.84. The van der Waals surface area contributed by atoms with E-state index in [0.717, 1.165) is 18.2 Å². The van der Waals surface area contributed by atoms with Crippen LogP contribution in [0, 0.1) is 5.92 Å². The lowest BCUT2D eigenvalue weighted by Gasteiger charge is -2.33. The fraction of sp³-hybridized carbons (Fsp3) is 0.667. The Morgan fingerprint density at radius 1 is 1.67 bits per heavy atom. The number of rotatable bonds is 3. The van der Waals surface area contributed by atoms with Crippen LogP contribution < -0.4 is 5.32 Å². The second-order valence-electron chi connectivity index (χ2n) is 3.62. The first kappa shape index (κ1) is 7.80. The zero-order valence-electron chi connectivity index (χ0n) is 7.29. The van der Waals surface area contributed by atoms with E-state index in [4.69, 9.17) is 4.42 Å². The zero-order chi connectivity index (χ0) is 8.39. The first-order valence-corrected chi connectivity index (χ1v) is 4.45. The van der Waals surface area contributed by atoms with Crippen LogP contribution in [0.25, 0.3) is 0 Å². The van der Waals surface area contributed by atoms with Gasteiger partial charge in [-0.3, -0.25) is 0 Å². The van der Waals surface area contributed by atoms with Gasteiger partial charge in [0.2, 0.25) is 0 Å². The Hall–Kier alpha value is -0.830. The van der Waals surface area contributed by atoms with Crippen LogP contribution in [0.2, 0.25) is 0 Å². The fourth-order valence-electron chi connectivity index (χ4n) is 1.64. The van der Waals surface area contributed by atoms with Gasteiger partial charge in [-0.25, -0.2) is 4.98 Å². The first-order valence-electron chi connectivity index (χ1n) is 4.45. The third-order valence-electron chi connectivity index (χ3n) is 2.42. The average Bonchev–Trinajstić information content (AvgIpc) is 2.47. The van der Waals surface area contributed by atoms with Gasteiger partial charge >= 0.3 is 0 Å². The summed E-state index contributed by atoms with van der Waals surface area (Å²) in [6.07, 6.45) is 5.83. The lowest BCUT2D eigenvalue weighted by molar-refractivity contribution is 0.235. The molecule has 2 rings (SSSR count). The molecular formula is C9H14N2O. The highest BCUT2D eigenvalue weighted by Crippen LogP contribution is 2.26. The van der Waals surface area contributed by atoms with Gasteiger partial charge in [-0.15, -0.1) is 0 Å². The van der Waals surface area contributed by atoms with Crippen LogP contribution in [-0.2, 0) is 6.54 Å². The SMILES string of the molecule is CC1CC(NCc2cnco2)C1. The molecule has 1 N–H and O–H groups in total. The molecule has 3 heteroatoms. The van der Waals surface area contributed by atoms with Crippen molar-refractivity contribution in [1.29, 1.82) is 0 Å². The zero-order valence-corrected chi connectivity index (χ0v) is 7.29. The van der Waals surface area contributed by atoms with Gasteiger partial charge in [0.15, 0.2) is 6.39 Å². The molecule has 0 unspecified atom stereocenters. The van der Waals surface area contributed by atoms with Crippen LogP contribution >= 0.6 is 0 Å². The topological polar surface area (TPSA) is 38.1 Å². The van der Waals surface area contributed by atoms with Crippen molar-refractivity contribution in [3.05, 3.63) is 18.4 Å². The van der Waals surface area contributed by atoms with Crippen LogP contribution in [0.15, 0.2) is 17.0 Å². The van der Waals surface area contributed by atoms with Crippen LogP contribution in [0.5, 0.6) is 0 Å². The predicted octanol–water partition coefficient (Wildman–Crippen LogP) is 1.56. The number of oxazole rings is 1. The maximum atomic E-state index is 5.11. The van der Waals surface area contributed by atoms with E-state index >= 15 is 0 Å². The van der Waals surface area contributed by atoms with E-state index in [2.05, 4.69) is 17.2 Å². The number of nitrogens with zero attached hydrogens (tertiary/aromatic N) is 1. The largest absolute Gasteiger partial charge is 0.447 e. The molecule has 1 aromatic rings. The second kappa shape index (κ2) is 3.27. The summed E-state index contributed by atoms with van der Waals surface area (Å²) in [5.74, 6) is 1.83. The van der Waals surface area contributed by atoms with Crippen LogP contribution in [-0.4, -0.2) is 11.0 Å². The Balaban J connectivity index is 1.70. The highest BCUT2D eigenvalue weighted by Gasteiger charge is 2.24. The summed E-state index contributed by atoms with van der Waals surface area (Å²) in [7, 11) is 0. The lowest BCUT2D eigenvalue weighted by Crippen LogP contribution is -2.39. The van der Waals surface area contributed by atoms with E-state index < -0.39 is 0 Å². The van der Waals surface area contributed by atoms with E-state index in [1.165, 1.54) is 19.2 Å². The molecule has 1 aromatic heterocycles. The van der Waals surface area contributed by atoms with Crippen molar-refractivity contribution in [3.63, 3.8) is 0 Å². The summed E-state index contributed by atoms with van der Waals surface area (Å²) in [4.78, 5) is 3.85. The third-order valence-corrected chi connectivity index (χ3v) is 2.42. The normalized spacial score (nSPS) is 28.4. The molecule has 1 heterocycles. The van der Waals surface area contributed by atoms with Crippen molar-refractivity contribution < 1.29 is 4.42 Å². The minimum absolute atomic E-state index is 0.699. The minimum atomic E-state index is 0.699. The molecule has 12 heavy (non-hydrogen) atoms.